The Balaban J connectivity index is 1.66. The van der Waals surface area contributed by atoms with Gasteiger partial charge in [-0.3, -0.25) is 9.79 Å². The molecule has 0 spiro atoms. The standard InChI is InChI=1S/C16H25BrN6O2/c1-9-4-5-11(7-12(9)17)20-14(18)13-15(23-25-22-13)21-16(24)10-3-2-6-19-8-10/h9-12,19H,2-8H2,1H3,(H2,18,20)(H,21,23,24)/t9-,10?,11?,12+/m1/s1. The van der Waals surface area contributed by atoms with Crippen molar-refractivity contribution in [3.8, 4) is 0 Å². The van der Waals surface area contributed by atoms with Gasteiger partial charge in [0.15, 0.2) is 11.5 Å². The summed E-state index contributed by atoms with van der Waals surface area (Å²) in [4.78, 5) is 17.4. The number of carbonyl (C=O) groups excluding carboxylic acids is 1. The number of alkyl halides is 1. The number of hydrogen-bond donors (Lipinski definition) is 3. The zero-order valence-electron chi connectivity index (χ0n) is 14.4. The molecule has 0 bridgehead atoms. The number of nitrogens with two attached hydrogens (primary N) is 1. The van der Waals surface area contributed by atoms with Crippen molar-refractivity contribution in [2.75, 3.05) is 18.4 Å². The highest BCUT2D eigenvalue weighted by Gasteiger charge is 2.27. The van der Waals surface area contributed by atoms with E-state index in [1.165, 1.54) is 0 Å². The molecule has 1 aromatic rings. The van der Waals surface area contributed by atoms with E-state index in [1.807, 2.05) is 0 Å². The minimum atomic E-state index is -0.0936. The van der Waals surface area contributed by atoms with Crippen LogP contribution >= 0.6 is 15.9 Å². The van der Waals surface area contributed by atoms with Gasteiger partial charge in [-0.05, 0) is 54.9 Å². The third-order valence-electron chi connectivity index (χ3n) is 5.03. The van der Waals surface area contributed by atoms with Crippen molar-refractivity contribution in [1.82, 2.24) is 15.6 Å². The molecule has 0 radical (unpaired) electrons. The first-order valence-corrected chi connectivity index (χ1v) is 9.78. The molecule has 1 amide bonds. The van der Waals surface area contributed by atoms with Crippen molar-refractivity contribution in [3.05, 3.63) is 5.69 Å². The van der Waals surface area contributed by atoms with Gasteiger partial charge in [-0.1, -0.05) is 22.9 Å². The molecule has 8 nitrogen and oxygen atoms in total. The Labute approximate surface area is 155 Å². The topological polar surface area (TPSA) is 118 Å². The number of nitrogens with zero attached hydrogens (tertiary/aromatic N) is 3. The fourth-order valence-electron chi connectivity index (χ4n) is 3.35. The van der Waals surface area contributed by atoms with Gasteiger partial charge in [0.2, 0.25) is 11.7 Å². The lowest BCUT2D eigenvalue weighted by Gasteiger charge is -2.28. The molecule has 2 unspecified atom stereocenters. The lowest BCUT2D eigenvalue weighted by molar-refractivity contribution is -0.120. The van der Waals surface area contributed by atoms with Gasteiger partial charge in [-0.15, -0.1) is 0 Å². The van der Waals surface area contributed by atoms with E-state index in [1.54, 1.807) is 0 Å². The van der Waals surface area contributed by atoms with Crippen molar-refractivity contribution < 1.29 is 9.42 Å². The third-order valence-corrected chi connectivity index (χ3v) is 6.31. The summed E-state index contributed by atoms with van der Waals surface area (Å²) >= 11 is 3.70. The van der Waals surface area contributed by atoms with Crippen LogP contribution < -0.4 is 16.4 Å². The number of anilines is 1. The second-order valence-electron chi connectivity index (χ2n) is 6.97. The highest BCUT2D eigenvalue weighted by molar-refractivity contribution is 9.09. The summed E-state index contributed by atoms with van der Waals surface area (Å²) in [6.45, 7) is 3.86. The van der Waals surface area contributed by atoms with Crippen LogP contribution in [0.2, 0.25) is 0 Å². The Morgan fingerprint density at radius 2 is 2.24 bits per heavy atom. The molecule has 1 aromatic heterocycles. The lowest BCUT2D eigenvalue weighted by Crippen LogP contribution is -2.37. The highest BCUT2D eigenvalue weighted by atomic mass is 79.9. The van der Waals surface area contributed by atoms with Gasteiger partial charge in [0.1, 0.15) is 0 Å². The molecule has 1 saturated carbocycles. The minimum absolute atomic E-state index is 0.0783. The number of rotatable bonds is 4. The molecular weight excluding hydrogens is 388 g/mol. The zero-order valence-corrected chi connectivity index (χ0v) is 16.0. The molecule has 2 aliphatic rings. The first kappa shape index (κ1) is 18.3. The van der Waals surface area contributed by atoms with Crippen LogP contribution in [0, 0.1) is 11.8 Å². The molecule has 4 atom stereocenters. The van der Waals surface area contributed by atoms with Gasteiger partial charge in [0, 0.05) is 11.4 Å². The fourth-order valence-corrected chi connectivity index (χ4v) is 4.05. The Hall–Kier alpha value is -1.48. The third kappa shape index (κ3) is 4.58. The summed E-state index contributed by atoms with van der Waals surface area (Å²) < 4.78 is 4.78. The Morgan fingerprint density at radius 3 is 2.96 bits per heavy atom. The average molecular weight is 413 g/mol. The highest BCUT2D eigenvalue weighted by Crippen LogP contribution is 2.31. The van der Waals surface area contributed by atoms with Crippen LogP contribution in [0.25, 0.3) is 0 Å². The SMILES string of the molecule is C[C@@H]1CCC(N=C(N)c2nonc2NC(=O)C2CCCNC2)C[C@@H]1Br. The van der Waals surface area contributed by atoms with E-state index in [4.69, 9.17) is 10.4 Å². The van der Waals surface area contributed by atoms with Crippen LogP contribution in [0.1, 0.15) is 44.7 Å². The quantitative estimate of drug-likeness (QED) is 0.393. The number of aliphatic imine (C=N–C) groups is 1. The van der Waals surface area contributed by atoms with Gasteiger partial charge >= 0.3 is 0 Å². The summed E-state index contributed by atoms with van der Waals surface area (Å²) in [6.07, 6.45) is 4.87. The van der Waals surface area contributed by atoms with E-state index in [9.17, 15) is 4.79 Å². The number of hydrogen-bond acceptors (Lipinski definition) is 6. The van der Waals surface area contributed by atoms with E-state index < -0.39 is 0 Å². The number of amidine groups is 1. The smallest absolute Gasteiger partial charge is 0.230 e. The van der Waals surface area contributed by atoms with Crippen LogP contribution in [0.3, 0.4) is 0 Å². The molecule has 3 rings (SSSR count). The summed E-state index contributed by atoms with van der Waals surface area (Å²) in [5, 5.41) is 13.6. The molecule has 138 valence electrons. The number of halogens is 1. The number of aromatic nitrogens is 2. The van der Waals surface area contributed by atoms with E-state index in [0.29, 0.717) is 23.0 Å². The molecule has 0 aromatic carbocycles. The van der Waals surface area contributed by atoms with Gasteiger partial charge in [-0.25, -0.2) is 4.63 Å². The molecule has 1 aliphatic carbocycles. The van der Waals surface area contributed by atoms with Gasteiger partial charge in [-0.2, -0.15) is 0 Å². The summed E-state index contributed by atoms with van der Waals surface area (Å²) in [5.41, 5.74) is 6.42. The second-order valence-corrected chi connectivity index (χ2v) is 8.14. The molecule has 25 heavy (non-hydrogen) atoms. The molecular formula is C16H25BrN6O2. The molecule has 9 heteroatoms. The maximum Gasteiger partial charge on any atom is 0.230 e. The summed E-state index contributed by atoms with van der Waals surface area (Å²) in [6, 6.07) is 0.142. The molecule has 2 fully saturated rings. The molecule has 4 N–H and O–H groups in total. The Kier molecular flexibility index (Phi) is 6.06. The second kappa shape index (κ2) is 8.27. The maximum atomic E-state index is 12.4. The van der Waals surface area contributed by atoms with Gasteiger partial charge < -0.3 is 16.4 Å². The van der Waals surface area contributed by atoms with Crippen LogP contribution in [-0.2, 0) is 4.79 Å². The van der Waals surface area contributed by atoms with Crippen molar-refractivity contribution in [2.24, 2.45) is 22.6 Å². The minimum Gasteiger partial charge on any atom is -0.382 e. The van der Waals surface area contributed by atoms with E-state index in [0.717, 1.165) is 38.6 Å². The van der Waals surface area contributed by atoms with Gasteiger partial charge in [0.05, 0.1) is 12.0 Å². The van der Waals surface area contributed by atoms with Crippen LogP contribution in [-0.4, -0.2) is 46.0 Å². The van der Waals surface area contributed by atoms with Crippen LogP contribution in [0.4, 0.5) is 5.82 Å². The van der Waals surface area contributed by atoms with Crippen molar-refractivity contribution in [3.63, 3.8) is 0 Å². The van der Waals surface area contributed by atoms with Crippen molar-refractivity contribution >= 4 is 33.5 Å². The van der Waals surface area contributed by atoms with Crippen LogP contribution in [0.5, 0.6) is 0 Å². The first-order valence-electron chi connectivity index (χ1n) is 8.86. The predicted octanol–water partition coefficient (Wildman–Crippen LogP) is 1.67. The largest absolute Gasteiger partial charge is 0.382 e. The van der Waals surface area contributed by atoms with Crippen molar-refractivity contribution in [2.45, 2.75) is 49.9 Å². The summed E-state index contributed by atoms with van der Waals surface area (Å²) in [5.74, 6) is 0.976. The number of amides is 1. The number of nitrogens with one attached hydrogen (secondary N) is 2. The molecule has 1 aliphatic heterocycles. The summed E-state index contributed by atoms with van der Waals surface area (Å²) in [7, 11) is 0. The van der Waals surface area contributed by atoms with E-state index in [2.05, 4.69) is 48.8 Å². The first-order chi connectivity index (χ1) is 12.0. The number of piperidine rings is 1. The number of carbonyl (C=O) groups is 1. The maximum absolute atomic E-state index is 12.4. The van der Waals surface area contributed by atoms with E-state index in [-0.39, 0.29) is 29.5 Å². The Bertz CT molecular complexity index is 628. The van der Waals surface area contributed by atoms with Crippen LogP contribution in [0.15, 0.2) is 9.62 Å². The van der Waals surface area contributed by atoms with Gasteiger partial charge in [0.25, 0.3) is 0 Å². The van der Waals surface area contributed by atoms with E-state index >= 15 is 0 Å². The molecule has 1 saturated heterocycles. The zero-order chi connectivity index (χ0) is 17.8. The lowest BCUT2D eigenvalue weighted by atomic mass is 9.87. The monoisotopic (exact) mass is 412 g/mol. The molecule has 2 heterocycles. The fraction of sp³-hybridized carbons (Fsp3) is 0.750. The van der Waals surface area contributed by atoms with Crippen molar-refractivity contribution in [1.29, 1.82) is 0 Å². The normalized spacial score (nSPS) is 30.9. The predicted molar refractivity (Wildman–Crippen MR) is 98.8 cm³/mol. The Morgan fingerprint density at radius 1 is 1.40 bits per heavy atom. The average Bonchev–Trinajstić information content (AvgIpc) is 3.07.